The minimum atomic E-state index is -0.433. The highest BCUT2D eigenvalue weighted by Crippen LogP contribution is 2.30. The van der Waals surface area contributed by atoms with Crippen LogP contribution in [0.5, 0.6) is 0 Å². The molecule has 1 saturated carbocycles. The molecule has 19 heavy (non-hydrogen) atoms. The third-order valence-electron chi connectivity index (χ3n) is 3.49. The highest BCUT2D eigenvalue weighted by atomic mass is 79.9. The molecule has 0 heterocycles. The van der Waals surface area contributed by atoms with E-state index in [1.807, 2.05) is 18.2 Å². The number of hydrogen-bond donors (Lipinski definition) is 1. The van der Waals surface area contributed by atoms with E-state index in [2.05, 4.69) is 27.9 Å². The van der Waals surface area contributed by atoms with Gasteiger partial charge in [0.1, 0.15) is 0 Å². The molecule has 2 rings (SSSR count). The second kappa shape index (κ2) is 6.73. The lowest BCUT2D eigenvalue weighted by molar-refractivity contribution is 0.131. The van der Waals surface area contributed by atoms with E-state index in [0.29, 0.717) is 0 Å². The number of aliphatic hydroxyl groups excluding tert-OH is 1. The summed E-state index contributed by atoms with van der Waals surface area (Å²) in [6.45, 7) is 4.32. The zero-order valence-electron chi connectivity index (χ0n) is 11.6. The van der Waals surface area contributed by atoms with Crippen molar-refractivity contribution < 1.29 is 9.84 Å². The van der Waals surface area contributed by atoms with E-state index < -0.39 is 6.10 Å². The van der Waals surface area contributed by atoms with Gasteiger partial charge in [-0.15, -0.1) is 0 Å². The highest BCUT2D eigenvalue weighted by molar-refractivity contribution is 9.10. The van der Waals surface area contributed by atoms with Crippen LogP contribution in [0.15, 0.2) is 22.7 Å². The van der Waals surface area contributed by atoms with Crippen LogP contribution in [-0.2, 0) is 4.74 Å². The van der Waals surface area contributed by atoms with Crippen molar-refractivity contribution in [1.29, 1.82) is 0 Å². The van der Waals surface area contributed by atoms with Gasteiger partial charge in [-0.2, -0.15) is 0 Å². The van der Waals surface area contributed by atoms with Crippen molar-refractivity contribution >= 4 is 21.6 Å². The van der Waals surface area contributed by atoms with Gasteiger partial charge in [0.25, 0.3) is 0 Å². The lowest BCUT2D eigenvalue weighted by Crippen LogP contribution is -2.23. The highest BCUT2D eigenvalue weighted by Gasteiger charge is 2.21. The van der Waals surface area contributed by atoms with Crippen LogP contribution in [0.2, 0.25) is 0 Å². The summed E-state index contributed by atoms with van der Waals surface area (Å²) in [5.41, 5.74) is 2.05. The van der Waals surface area contributed by atoms with Crippen LogP contribution in [0.25, 0.3) is 0 Å². The first kappa shape index (κ1) is 14.8. The molecule has 1 aromatic rings. The van der Waals surface area contributed by atoms with Crippen LogP contribution in [-0.4, -0.2) is 31.9 Å². The molecule has 0 radical (unpaired) electrons. The van der Waals surface area contributed by atoms with Crippen LogP contribution in [0.4, 0.5) is 5.69 Å². The third-order valence-corrected chi connectivity index (χ3v) is 4.12. The van der Waals surface area contributed by atoms with E-state index in [-0.39, 0.29) is 0 Å². The predicted octanol–water partition coefficient (Wildman–Crippen LogP) is 3.37. The number of anilines is 1. The molecule has 3 nitrogen and oxygen atoms in total. The van der Waals surface area contributed by atoms with Gasteiger partial charge in [0.2, 0.25) is 0 Å². The normalized spacial score (nSPS) is 16.4. The Hall–Kier alpha value is -0.580. The third kappa shape index (κ3) is 4.48. The summed E-state index contributed by atoms with van der Waals surface area (Å²) in [7, 11) is 2.06. The maximum atomic E-state index is 9.55. The Morgan fingerprint density at radius 3 is 2.79 bits per heavy atom. The smallest absolute Gasteiger partial charge is 0.0762 e. The summed E-state index contributed by atoms with van der Waals surface area (Å²) in [6, 6.07) is 5.97. The van der Waals surface area contributed by atoms with Crippen molar-refractivity contribution in [3.05, 3.63) is 28.2 Å². The van der Waals surface area contributed by atoms with Crippen LogP contribution in [0.1, 0.15) is 31.4 Å². The van der Waals surface area contributed by atoms with Gasteiger partial charge < -0.3 is 14.7 Å². The van der Waals surface area contributed by atoms with Crippen molar-refractivity contribution in [3.8, 4) is 0 Å². The lowest BCUT2D eigenvalue weighted by Gasteiger charge is -2.21. The van der Waals surface area contributed by atoms with E-state index in [4.69, 9.17) is 4.74 Å². The first-order chi connectivity index (χ1) is 9.08. The number of rotatable bonds is 7. The van der Waals surface area contributed by atoms with Crippen LogP contribution >= 0.6 is 15.9 Å². The summed E-state index contributed by atoms with van der Waals surface area (Å²) in [4.78, 5) is 2.17. The van der Waals surface area contributed by atoms with Crippen molar-refractivity contribution in [2.24, 2.45) is 5.92 Å². The maximum absolute atomic E-state index is 9.55. The molecule has 1 aromatic carbocycles. The Bertz CT molecular complexity index is 419. The minimum absolute atomic E-state index is 0.433. The summed E-state index contributed by atoms with van der Waals surface area (Å²) in [5.74, 6) is 0.822. The quantitative estimate of drug-likeness (QED) is 0.779. The molecule has 0 amide bonds. The van der Waals surface area contributed by atoms with Gasteiger partial charge in [-0.3, -0.25) is 0 Å². The number of likely N-dealkylation sites (N-methyl/N-ethyl adjacent to an activating group) is 1. The molecule has 4 heteroatoms. The zero-order chi connectivity index (χ0) is 13.8. The topological polar surface area (TPSA) is 32.7 Å². The predicted molar refractivity (Wildman–Crippen MR) is 81.6 cm³/mol. The molecular formula is C15H22BrNO2. The molecule has 1 aliphatic carbocycles. The van der Waals surface area contributed by atoms with Gasteiger partial charge in [0.05, 0.1) is 18.4 Å². The van der Waals surface area contributed by atoms with E-state index in [1.54, 1.807) is 6.92 Å². The fourth-order valence-electron chi connectivity index (χ4n) is 1.95. The number of benzene rings is 1. The Morgan fingerprint density at radius 1 is 1.47 bits per heavy atom. The maximum Gasteiger partial charge on any atom is 0.0762 e. The van der Waals surface area contributed by atoms with Gasteiger partial charge in [-0.05, 0) is 59.3 Å². The zero-order valence-corrected chi connectivity index (χ0v) is 13.2. The molecule has 106 valence electrons. The summed E-state index contributed by atoms with van der Waals surface area (Å²) in [6.07, 6.45) is 2.24. The average molecular weight is 328 g/mol. The fraction of sp³-hybridized carbons (Fsp3) is 0.600. The van der Waals surface area contributed by atoms with Crippen molar-refractivity contribution in [2.75, 3.05) is 31.7 Å². The van der Waals surface area contributed by atoms with E-state index in [1.165, 1.54) is 12.8 Å². The lowest BCUT2D eigenvalue weighted by atomic mass is 10.1. The molecule has 1 fully saturated rings. The van der Waals surface area contributed by atoms with E-state index in [0.717, 1.165) is 41.4 Å². The first-order valence-electron chi connectivity index (χ1n) is 6.84. The van der Waals surface area contributed by atoms with Gasteiger partial charge in [-0.1, -0.05) is 6.07 Å². The van der Waals surface area contributed by atoms with Crippen molar-refractivity contribution in [3.63, 3.8) is 0 Å². The number of ether oxygens (including phenoxy) is 1. The molecule has 0 spiro atoms. The summed E-state index contributed by atoms with van der Waals surface area (Å²) in [5, 5.41) is 9.55. The average Bonchev–Trinajstić information content (AvgIpc) is 3.18. The summed E-state index contributed by atoms with van der Waals surface area (Å²) < 4.78 is 6.66. The summed E-state index contributed by atoms with van der Waals surface area (Å²) >= 11 is 3.56. The van der Waals surface area contributed by atoms with Gasteiger partial charge in [0.15, 0.2) is 0 Å². The second-order valence-corrected chi connectivity index (χ2v) is 6.18. The van der Waals surface area contributed by atoms with Crippen molar-refractivity contribution in [1.82, 2.24) is 0 Å². The van der Waals surface area contributed by atoms with E-state index >= 15 is 0 Å². The standard InChI is InChI=1S/C15H22BrNO2/c1-11(18)13-5-6-15(14(16)9-13)17(2)7-8-19-10-12-3-4-12/h5-6,9,11-12,18H,3-4,7-8,10H2,1-2H3. The van der Waals surface area contributed by atoms with E-state index in [9.17, 15) is 5.11 Å². The van der Waals surface area contributed by atoms with Gasteiger partial charge in [0, 0.05) is 24.7 Å². The molecule has 1 aliphatic rings. The minimum Gasteiger partial charge on any atom is -0.389 e. The Morgan fingerprint density at radius 2 is 2.21 bits per heavy atom. The monoisotopic (exact) mass is 327 g/mol. The van der Waals surface area contributed by atoms with Crippen LogP contribution < -0.4 is 4.90 Å². The second-order valence-electron chi connectivity index (χ2n) is 5.33. The molecule has 1 N–H and O–H groups in total. The molecule has 0 aromatic heterocycles. The number of aliphatic hydroxyl groups is 1. The van der Waals surface area contributed by atoms with Crippen LogP contribution in [0, 0.1) is 5.92 Å². The molecule has 0 bridgehead atoms. The molecule has 1 atom stereocenters. The molecule has 1 unspecified atom stereocenters. The molecule has 0 aliphatic heterocycles. The van der Waals surface area contributed by atoms with Gasteiger partial charge in [-0.25, -0.2) is 0 Å². The van der Waals surface area contributed by atoms with Crippen molar-refractivity contribution in [2.45, 2.75) is 25.9 Å². The Kier molecular flexibility index (Phi) is 5.25. The SMILES string of the molecule is CC(O)c1ccc(N(C)CCOCC2CC2)c(Br)c1. The Labute approximate surface area is 123 Å². The largest absolute Gasteiger partial charge is 0.389 e. The number of hydrogen-bond acceptors (Lipinski definition) is 3. The number of halogens is 1. The first-order valence-corrected chi connectivity index (χ1v) is 7.63. The molecule has 0 saturated heterocycles. The van der Waals surface area contributed by atoms with Crippen LogP contribution in [0.3, 0.4) is 0 Å². The Balaban J connectivity index is 1.84. The number of nitrogens with zero attached hydrogens (tertiary/aromatic N) is 1. The van der Waals surface area contributed by atoms with Gasteiger partial charge >= 0.3 is 0 Å². The fourth-order valence-corrected chi connectivity index (χ4v) is 2.65. The molecular weight excluding hydrogens is 306 g/mol.